The minimum atomic E-state index is -0.488. The number of aliphatic hydroxyl groups is 1. The van der Waals surface area contributed by atoms with Gasteiger partial charge >= 0.3 is 0 Å². The van der Waals surface area contributed by atoms with Gasteiger partial charge in [-0.25, -0.2) is 0 Å². The maximum atomic E-state index is 12.3. The fraction of sp³-hybridized carbons (Fsp3) is 0.391. The molecule has 0 aromatic heterocycles. The molecular formula is C23H29N3O5. The minimum absolute atomic E-state index is 0.173. The number of nitrogens with zero attached hydrogens (tertiary/aromatic N) is 1. The van der Waals surface area contributed by atoms with Gasteiger partial charge in [0.1, 0.15) is 0 Å². The Morgan fingerprint density at radius 1 is 1.03 bits per heavy atom. The molecule has 1 atom stereocenters. The van der Waals surface area contributed by atoms with Crippen LogP contribution in [0.2, 0.25) is 0 Å². The summed E-state index contributed by atoms with van der Waals surface area (Å²) in [5, 5.41) is 10.6. The Kier molecular flexibility index (Phi) is 7.86. The maximum Gasteiger partial charge on any atom is 0.269 e. The molecule has 3 rings (SSSR count). The highest BCUT2D eigenvalue weighted by Crippen LogP contribution is 2.30. The van der Waals surface area contributed by atoms with Gasteiger partial charge in [-0.1, -0.05) is 30.3 Å². The zero-order valence-electron chi connectivity index (χ0n) is 17.8. The zero-order chi connectivity index (χ0) is 22.2. The summed E-state index contributed by atoms with van der Waals surface area (Å²) in [4.78, 5) is 26.6. The second-order valence-corrected chi connectivity index (χ2v) is 7.54. The molecule has 166 valence electrons. The standard InChI is InChI=1S/C23H29N3O5/c1-30-19-9-8-18(14-20(19)31-2)23(29)25-24-21(27)15-26-12-10-17(11-13-26)22(28)16-6-4-3-5-7-16/h3-9,14,17,22,28H,10-13,15H2,1-2H3,(H,24,27)(H,25,29). The Bertz CT molecular complexity index is 882. The van der Waals surface area contributed by atoms with E-state index in [0.717, 1.165) is 18.4 Å². The molecule has 2 amide bonds. The highest BCUT2D eigenvalue weighted by Gasteiger charge is 2.27. The van der Waals surface area contributed by atoms with Gasteiger partial charge in [0.05, 0.1) is 26.9 Å². The van der Waals surface area contributed by atoms with Gasteiger partial charge in [-0.2, -0.15) is 0 Å². The van der Waals surface area contributed by atoms with Crippen LogP contribution >= 0.6 is 0 Å². The number of likely N-dealkylation sites (tertiary alicyclic amines) is 1. The third kappa shape index (κ3) is 5.96. The summed E-state index contributed by atoms with van der Waals surface area (Å²) in [6.07, 6.45) is 1.13. The molecule has 1 unspecified atom stereocenters. The quantitative estimate of drug-likeness (QED) is 0.584. The number of carbonyl (C=O) groups excluding carboxylic acids is 2. The lowest BCUT2D eigenvalue weighted by Gasteiger charge is -2.33. The topological polar surface area (TPSA) is 100 Å². The van der Waals surface area contributed by atoms with Gasteiger partial charge in [0.2, 0.25) is 0 Å². The minimum Gasteiger partial charge on any atom is -0.493 e. The Morgan fingerprint density at radius 2 is 1.71 bits per heavy atom. The van der Waals surface area contributed by atoms with Crippen LogP contribution in [0.25, 0.3) is 0 Å². The molecular weight excluding hydrogens is 398 g/mol. The van der Waals surface area contributed by atoms with E-state index in [2.05, 4.69) is 10.9 Å². The molecule has 0 spiro atoms. The molecule has 1 aliphatic heterocycles. The fourth-order valence-corrected chi connectivity index (χ4v) is 3.77. The number of aliphatic hydroxyl groups excluding tert-OH is 1. The Balaban J connectivity index is 1.43. The average Bonchev–Trinajstić information content (AvgIpc) is 2.82. The summed E-state index contributed by atoms with van der Waals surface area (Å²) in [5.41, 5.74) is 6.15. The predicted molar refractivity (Wildman–Crippen MR) is 116 cm³/mol. The molecule has 8 nitrogen and oxygen atoms in total. The molecule has 2 aromatic carbocycles. The van der Waals surface area contributed by atoms with Crippen molar-refractivity contribution in [3.8, 4) is 11.5 Å². The van der Waals surface area contributed by atoms with Crippen LogP contribution in [-0.4, -0.2) is 55.7 Å². The van der Waals surface area contributed by atoms with E-state index in [9.17, 15) is 14.7 Å². The van der Waals surface area contributed by atoms with E-state index in [-0.39, 0.29) is 18.4 Å². The molecule has 0 bridgehead atoms. The van der Waals surface area contributed by atoms with Crippen LogP contribution in [0, 0.1) is 5.92 Å². The smallest absolute Gasteiger partial charge is 0.269 e. The van der Waals surface area contributed by atoms with Crippen LogP contribution in [0.3, 0.4) is 0 Å². The van der Waals surface area contributed by atoms with Crippen molar-refractivity contribution >= 4 is 11.8 Å². The molecule has 2 aromatic rings. The normalized spacial score (nSPS) is 15.7. The molecule has 1 aliphatic rings. The van der Waals surface area contributed by atoms with Crippen LogP contribution in [0.1, 0.15) is 34.9 Å². The van der Waals surface area contributed by atoms with Gasteiger partial charge in [0, 0.05) is 5.56 Å². The zero-order valence-corrected chi connectivity index (χ0v) is 17.8. The molecule has 0 radical (unpaired) electrons. The molecule has 1 fully saturated rings. The molecule has 0 saturated carbocycles. The highest BCUT2D eigenvalue weighted by atomic mass is 16.5. The van der Waals surface area contributed by atoms with Crippen molar-refractivity contribution in [3.05, 3.63) is 59.7 Å². The number of piperidine rings is 1. The lowest BCUT2D eigenvalue weighted by molar-refractivity contribution is -0.123. The Hall–Kier alpha value is -3.10. The third-order valence-corrected chi connectivity index (χ3v) is 5.55. The number of nitrogens with one attached hydrogen (secondary N) is 2. The predicted octanol–water partition coefficient (Wildman–Crippen LogP) is 1.91. The first-order valence-corrected chi connectivity index (χ1v) is 10.3. The van der Waals surface area contributed by atoms with E-state index in [0.29, 0.717) is 30.2 Å². The lowest BCUT2D eigenvalue weighted by Crippen LogP contribution is -2.48. The number of benzene rings is 2. The van der Waals surface area contributed by atoms with Gasteiger partial charge in [0.15, 0.2) is 11.5 Å². The van der Waals surface area contributed by atoms with Crippen molar-refractivity contribution in [2.24, 2.45) is 5.92 Å². The summed E-state index contributed by atoms with van der Waals surface area (Å²) >= 11 is 0. The summed E-state index contributed by atoms with van der Waals surface area (Å²) in [6, 6.07) is 14.4. The second-order valence-electron chi connectivity index (χ2n) is 7.54. The summed E-state index contributed by atoms with van der Waals surface area (Å²) in [5.74, 6) is 0.382. The number of hydrogen-bond donors (Lipinski definition) is 3. The van der Waals surface area contributed by atoms with Crippen LogP contribution in [0.4, 0.5) is 0 Å². The van der Waals surface area contributed by atoms with Crippen molar-refractivity contribution in [2.75, 3.05) is 33.9 Å². The summed E-state index contributed by atoms with van der Waals surface area (Å²) in [6.45, 7) is 1.61. The van der Waals surface area contributed by atoms with Gasteiger partial charge in [0.25, 0.3) is 11.8 Å². The van der Waals surface area contributed by atoms with Gasteiger partial charge < -0.3 is 14.6 Å². The van der Waals surface area contributed by atoms with Gasteiger partial charge in [-0.05, 0) is 55.6 Å². The first-order valence-electron chi connectivity index (χ1n) is 10.3. The first-order chi connectivity index (χ1) is 15.0. The molecule has 31 heavy (non-hydrogen) atoms. The number of amides is 2. The lowest BCUT2D eigenvalue weighted by atomic mass is 9.87. The van der Waals surface area contributed by atoms with E-state index < -0.39 is 12.0 Å². The van der Waals surface area contributed by atoms with E-state index in [1.54, 1.807) is 18.2 Å². The highest BCUT2D eigenvalue weighted by molar-refractivity contribution is 5.96. The van der Waals surface area contributed by atoms with Gasteiger partial charge in [-0.15, -0.1) is 0 Å². The average molecular weight is 428 g/mol. The largest absolute Gasteiger partial charge is 0.493 e. The van der Waals surface area contributed by atoms with Crippen molar-refractivity contribution in [2.45, 2.75) is 18.9 Å². The first kappa shape index (κ1) is 22.6. The number of carbonyl (C=O) groups is 2. The number of methoxy groups -OCH3 is 2. The number of hydrogen-bond acceptors (Lipinski definition) is 6. The summed E-state index contributed by atoms with van der Waals surface area (Å²) in [7, 11) is 3.01. The SMILES string of the molecule is COc1ccc(C(=O)NNC(=O)CN2CCC(C(O)c3ccccc3)CC2)cc1OC. The third-order valence-electron chi connectivity index (χ3n) is 5.55. The van der Waals surface area contributed by atoms with Crippen molar-refractivity contribution in [1.29, 1.82) is 0 Å². The molecule has 0 aliphatic carbocycles. The molecule has 1 heterocycles. The second kappa shape index (κ2) is 10.8. The number of hydrazine groups is 1. The van der Waals surface area contributed by atoms with Gasteiger partial charge in [-0.3, -0.25) is 25.3 Å². The van der Waals surface area contributed by atoms with E-state index in [1.165, 1.54) is 14.2 Å². The maximum absolute atomic E-state index is 12.3. The fourth-order valence-electron chi connectivity index (χ4n) is 3.77. The molecule has 8 heteroatoms. The monoisotopic (exact) mass is 427 g/mol. The molecule has 1 saturated heterocycles. The van der Waals surface area contributed by atoms with E-state index >= 15 is 0 Å². The van der Waals surface area contributed by atoms with Crippen LogP contribution in [0.5, 0.6) is 11.5 Å². The number of ether oxygens (including phenoxy) is 2. The molecule has 3 N–H and O–H groups in total. The van der Waals surface area contributed by atoms with Crippen molar-refractivity contribution < 1.29 is 24.2 Å². The van der Waals surface area contributed by atoms with Crippen LogP contribution in [0.15, 0.2) is 48.5 Å². The van der Waals surface area contributed by atoms with E-state index in [1.807, 2.05) is 35.2 Å². The van der Waals surface area contributed by atoms with Crippen LogP contribution in [-0.2, 0) is 4.79 Å². The summed E-state index contributed by atoms with van der Waals surface area (Å²) < 4.78 is 10.3. The number of rotatable bonds is 7. The van der Waals surface area contributed by atoms with Crippen molar-refractivity contribution in [3.63, 3.8) is 0 Å². The van der Waals surface area contributed by atoms with Crippen molar-refractivity contribution in [1.82, 2.24) is 15.8 Å². The Labute approximate surface area is 182 Å². The van der Waals surface area contributed by atoms with Crippen LogP contribution < -0.4 is 20.3 Å². The Morgan fingerprint density at radius 3 is 2.35 bits per heavy atom. The van der Waals surface area contributed by atoms with E-state index in [4.69, 9.17) is 9.47 Å².